The van der Waals surface area contributed by atoms with Crippen LogP contribution in [0.25, 0.3) is 95.1 Å². The average molecular weight is 730 g/mol. The summed E-state index contributed by atoms with van der Waals surface area (Å²) in [5.41, 5.74) is 13.7. The standard InChI is InChI=1S/C52H35N5/c1-4-10-36(11-5-1)38-16-22-41(23-17-38)49-34-50(42-24-18-39(19-25-42)37-12-6-2-7-13-37)55-52(54-49)47-31-30-45-32-44(28-29-46(45)33-47)40-20-26-43(27-21-40)51-53-35-57(56-51)48-14-8-3-9-15-48/h1-35H. The molecule has 0 bridgehead atoms. The third kappa shape index (κ3) is 7.02. The molecule has 0 spiro atoms. The van der Waals surface area contributed by atoms with Crippen molar-refractivity contribution in [1.82, 2.24) is 24.7 Å². The Morgan fingerprint density at radius 3 is 1.25 bits per heavy atom. The van der Waals surface area contributed by atoms with Crippen molar-refractivity contribution in [3.8, 4) is 84.4 Å². The molecule has 0 amide bonds. The Labute approximate surface area is 331 Å². The SMILES string of the molecule is c1ccc(-c2ccc(-c3cc(-c4ccc(-c5ccccc5)cc4)nc(-c4ccc5cc(-c6ccc(-c7ncn(-c8ccccc8)n7)cc6)ccc5c4)n3)cc2)cc1. The number of para-hydroxylation sites is 1. The van der Waals surface area contributed by atoms with Crippen LogP contribution in [-0.4, -0.2) is 24.7 Å². The van der Waals surface area contributed by atoms with E-state index in [9.17, 15) is 0 Å². The van der Waals surface area contributed by atoms with Crippen LogP contribution in [0.15, 0.2) is 213 Å². The second-order valence-corrected chi connectivity index (χ2v) is 14.1. The molecule has 0 fully saturated rings. The van der Waals surface area contributed by atoms with E-state index in [2.05, 4.69) is 169 Å². The minimum absolute atomic E-state index is 0.687. The van der Waals surface area contributed by atoms with Crippen molar-refractivity contribution < 1.29 is 0 Å². The molecule has 0 saturated carbocycles. The van der Waals surface area contributed by atoms with Crippen LogP contribution in [0.3, 0.4) is 0 Å². The Hall–Kier alpha value is -7.76. The van der Waals surface area contributed by atoms with E-state index in [1.54, 1.807) is 11.0 Å². The Balaban J connectivity index is 0.967. The molecular weight excluding hydrogens is 695 g/mol. The van der Waals surface area contributed by atoms with Crippen molar-refractivity contribution >= 4 is 10.8 Å². The predicted molar refractivity (Wildman–Crippen MR) is 233 cm³/mol. The van der Waals surface area contributed by atoms with Gasteiger partial charge in [-0.25, -0.2) is 19.6 Å². The van der Waals surface area contributed by atoms with Gasteiger partial charge in [0.25, 0.3) is 0 Å². The quantitative estimate of drug-likeness (QED) is 0.156. The summed E-state index contributed by atoms with van der Waals surface area (Å²) in [6.45, 7) is 0. The summed E-state index contributed by atoms with van der Waals surface area (Å²) in [5.74, 6) is 1.38. The van der Waals surface area contributed by atoms with Gasteiger partial charge in [0.05, 0.1) is 17.1 Å². The van der Waals surface area contributed by atoms with Crippen molar-refractivity contribution in [2.45, 2.75) is 0 Å². The molecule has 10 rings (SSSR count). The first-order chi connectivity index (χ1) is 28.2. The number of nitrogens with zero attached hydrogens (tertiary/aromatic N) is 5. The van der Waals surface area contributed by atoms with Crippen LogP contribution in [-0.2, 0) is 0 Å². The summed E-state index contributed by atoms with van der Waals surface area (Å²) in [5, 5.41) is 6.97. The van der Waals surface area contributed by atoms with Gasteiger partial charge in [0.2, 0.25) is 0 Å². The van der Waals surface area contributed by atoms with Gasteiger partial charge in [0.1, 0.15) is 6.33 Å². The molecule has 2 heterocycles. The fraction of sp³-hybridized carbons (Fsp3) is 0. The highest BCUT2D eigenvalue weighted by atomic mass is 15.3. The second-order valence-electron chi connectivity index (χ2n) is 14.1. The largest absolute Gasteiger partial charge is 0.228 e. The Kier molecular flexibility index (Phi) is 8.78. The van der Waals surface area contributed by atoms with E-state index >= 15 is 0 Å². The van der Waals surface area contributed by atoms with Crippen molar-refractivity contribution in [3.05, 3.63) is 213 Å². The predicted octanol–water partition coefficient (Wildman–Crippen LogP) is 12.9. The number of aromatic nitrogens is 5. The van der Waals surface area contributed by atoms with Gasteiger partial charge >= 0.3 is 0 Å². The van der Waals surface area contributed by atoms with E-state index in [1.807, 2.05) is 42.5 Å². The Morgan fingerprint density at radius 2 is 0.702 bits per heavy atom. The molecule has 268 valence electrons. The fourth-order valence-corrected chi connectivity index (χ4v) is 7.28. The summed E-state index contributed by atoms with van der Waals surface area (Å²) < 4.78 is 1.80. The van der Waals surface area contributed by atoms with Crippen LogP contribution in [0, 0.1) is 0 Å². The highest BCUT2D eigenvalue weighted by Gasteiger charge is 2.13. The van der Waals surface area contributed by atoms with Gasteiger partial charge in [-0.2, -0.15) is 0 Å². The molecule has 0 atom stereocenters. The lowest BCUT2D eigenvalue weighted by molar-refractivity contribution is 0.882. The first-order valence-corrected chi connectivity index (χ1v) is 19.0. The maximum atomic E-state index is 5.17. The topological polar surface area (TPSA) is 56.5 Å². The monoisotopic (exact) mass is 729 g/mol. The fourth-order valence-electron chi connectivity index (χ4n) is 7.28. The second kappa shape index (κ2) is 14.8. The minimum Gasteiger partial charge on any atom is -0.228 e. The lowest BCUT2D eigenvalue weighted by atomic mass is 9.98. The van der Waals surface area contributed by atoms with Gasteiger partial charge < -0.3 is 0 Å². The van der Waals surface area contributed by atoms with E-state index in [0.29, 0.717) is 11.6 Å². The molecule has 0 radical (unpaired) electrons. The van der Waals surface area contributed by atoms with Crippen molar-refractivity contribution in [1.29, 1.82) is 0 Å². The van der Waals surface area contributed by atoms with Crippen LogP contribution >= 0.6 is 0 Å². The highest BCUT2D eigenvalue weighted by molar-refractivity contribution is 5.91. The van der Waals surface area contributed by atoms with Gasteiger partial charge in [0, 0.05) is 22.3 Å². The first-order valence-electron chi connectivity index (χ1n) is 19.0. The molecular formula is C52H35N5. The summed E-state index contributed by atoms with van der Waals surface area (Å²) in [7, 11) is 0. The van der Waals surface area contributed by atoms with E-state index < -0.39 is 0 Å². The smallest absolute Gasteiger partial charge is 0.181 e. The zero-order valence-corrected chi connectivity index (χ0v) is 30.9. The van der Waals surface area contributed by atoms with Gasteiger partial charge in [-0.15, -0.1) is 5.10 Å². The summed E-state index contributed by atoms with van der Waals surface area (Å²) in [4.78, 5) is 14.9. The van der Waals surface area contributed by atoms with E-state index in [-0.39, 0.29) is 0 Å². The van der Waals surface area contributed by atoms with Crippen LogP contribution in [0.4, 0.5) is 0 Å². The van der Waals surface area contributed by atoms with Crippen LogP contribution in [0.1, 0.15) is 0 Å². The first kappa shape index (κ1) is 33.8. The minimum atomic E-state index is 0.687. The van der Waals surface area contributed by atoms with Crippen molar-refractivity contribution in [2.75, 3.05) is 0 Å². The lowest BCUT2D eigenvalue weighted by Crippen LogP contribution is -1.96. The number of hydrogen-bond donors (Lipinski definition) is 0. The normalized spacial score (nSPS) is 11.2. The number of benzene rings is 8. The van der Waals surface area contributed by atoms with Gasteiger partial charge in [-0.05, 0) is 74.5 Å². The zero-order valence-electron chi connectivity index (χ0n) is 30.9. The van der Waals surface area contributed by atoms with E-state index in [0.717, 1.165) is 61.2 Å². The summed E-state index contributed by atoms with van der Waals surface area (Å²) in [6.07, 6.45) is 1.75. The van der Waals surface area contributed by atoms with Crippen LogP contribution < -0.4 is 0 Å². The third-order valence-electron chi connectivity index (χ3n) is 10.4. The number of hydrogen-bond acceptors (Lipinski definition) is 4. The maximum Gasteiger partial charge on any atom is 0.181 e. The Bertz CT molecular complexity index is 2860. The molecule has 10 aromatic rings. The molecule has 0 unspecified atom stereocenters. The zero-order chi connectivity index (χ0) is 38.0. The summed E-state index contributed by atoms with van der Waals surface area (Å²) in [6, 6.07) is 71.8. The van der Waals surface area contributed by atoms with Crippen molar-refractivity contribution in [2.24, 2.45) is 0 Å². The number of rotatable bonds is 8. The van der Waals surface area contributed by atoms with E-state index in [1.165, 1.54) is 22.3 Å². The third-order valence-corrected chi connectivity index (χ3v) is 10.4. The summed E-state index contributed by atoms with van der Waals surface area (Å²) >= 11 is 0. The molecule has 0 saturated heterocycles. The molecule has 8 aromatic carbocycles. The highest BCUT2D eigenvalue weighted by Crippen LogP contribution is 2.33. The van der Waals surface area contributed by atoms with Gasteiger partial charge in [-0.1, -0.05) is 176 Å². The maximum absolute atomic E-state index is 5.17. The van der Waals surface area contributed by atoms with Crippen molar-refractivity contribution in [3.63, 3.8) is 0 Å². The van der Waals surface area contributed by atoms with E-state index in [4.69, 9.17) is 15.1 Å². The van der Waals surface area contributed by atoms with Gasteiger partial charge in [-0.3, -0.25) is 0 Å². The molecule has 5 heteroatoms. The molecule has 0 aliphatic rings. The number of fused-ring (bicyclic) bond motifs is 1. The molecule has 2 aromatic heterocycles. The molecule has 0 N–H and O–H groups in total. The Morgan fingerprint density at radius 1 is 0.298 bits per heavy atom. The molecule has 0 aliphatic heterocycles. The molecule has 0 aliphatic carbocycles. The van der Waals surface area contributed by atoms with Crippen LogP contribution in [0.5, 0.6) is 0 Å². The van der Waals surface area contributed by atoms with Crippen LogP contribution in [0.2, 0.25) is 0 Å². The molecule has 5 nitrogen and oxygen atoms in total. The van der Waals surface area contributed by atoms with Gasteiger partial charge in [0.15, 0.2) is 11.6 Å². The molecule has 57 heavy (non-hydrogen) atoms. The lowest BCUT2D eigenvalue weighted by Gasteiger charge is -2.12. The average Bonchev–Trinajstić information content (AvgIpc) is 3.80.